The Hall–Kier alpha value is -3.49. The molecule has 0 unspecified atom stereocenters. The van der Waals surface area contributed by atoms with E-state index in [1.165, 1.54) is 32.5 Å². The Bertz CT molecular complexity index is 1010. The molecule has 9 nitrogen and oxygen atoms in total. The summed E-state index contributed by atoms with van der Waals surface area (Å²) in [7, 11) is 1.28. The predicted octanol–water partition coefficient (Wildman–Crippen LogP) is 3.77. The topological polar surface area (TPSA) is 108 Å². The SMILES string of the molecule is COC(=O)c1cc(Oc2cnc(C(=O)OC(C)(C)C)cn2)cc(N(CC2CC2)C(C)=O)c1. The normalized spacial score (nSPS) is 13.3. The van der Waals surface area contributed by atoms with Crippen LogP contribution in [0.1, 0.15) is 61.4 Å². The number of carbonyl (C=O) groups is 3. The Kier molecular flexibility index (Phi) is 6.76. The first kappa shape index (κ1) is 23.2. The minimum atomic E-state index is -0.651. The summed E-state index contributed by atoms with van der Waals surface area (Å²) < 4.78 is 15.9. The number of carbonyl (C=O) groups excluding carboxylic acids is 3. The van der Waals surface area contributed by atoms with Crippen molar-refractivity contribution in [1.82, 2.24) is 9.97 Å². The number of hydrogen-bond donors (Lipinski definition) is 0. The molecule has 1 heterocycles. The number of methoxy groups -OCH3 is 1. The zero-order valence-electron chi connectivity index (χ0n) is 18.9. The second-order valence-corrected chi connectivity index (χ2v) is 8.62. The third kappa shape index (κ3) is 6.26. The van der Waals surface area contributed by atoms with Crippen LogP contribution in [0.25, 0.3) is 0 Å². The zero-order chi connectivity index (χ0) is 23.5. The first-order chi connectivity index (χ1) is 15.1. The quantitative estimate of drug-likeness (QED) is 0.598. The summed E-state index contributed by atoms with van der Waals surface area (Å²) in [6, 6.07) is 4.74. The van der Waals surface area contributed by atoms with Gasteiger partial charge < -0.3 is 19.1 Å². The van der Waals surface area contributed by atoms with E-state index in [0.29, 0.717) is 18.2 Å². The molecule has 9 heteroatoms. The number of rotatable bonds is 7. The van der Waals surface area contributed by atoms with Gasteiger partial charge in [0.05, 0.1) is 25.1 Å². The molecule has 170 valence electrons. The van der Waals surface area contributed by atoms with Crippen LogP contribution in [0.4, 0.5) is 5.69 Å². The number of esters is 2. The van der Waals surface area contributed by atoms with Crippen molar-refractivity contribution in [3.63, 3.8) is 0 Å². The summed E-state index contributed by atoms with van der Waals surface area (Å²) in [5, 5.41) is 0. The molecular weight excluding hydrogens is 414 g/mol. The average Bonchev–Trinajstić information content (AvgIpc) is 3.54. The van der Waals surface area contributed by atoms with Gasteiger partial charge in [0.15, 0.2) is 5.69 Å². The van der Waals surface area contributed by atoms with Crippen LogP contribution in [-0.2, 0) is 14.3 Å². The van der Waals surface area contributed by atoms with Gasteiger partial charge in [-0.2, -0.15) is 0 Å². The number of anilines is 1. The standard InChI is InChI=1S/C23H27N3O6/c1-14(27)26(13-15-6-7-15)17-8-16(21(28)30-5)9-18(10-17)31-20-12-24-19(11-25-20)22(29)32-23(2,3)4/h8-12,15H,6-7,13H2,1-5H3. The molecule has 0 atom stereocenters. The molecule has 0 bridgehead atoms. The van der Waals surface area contributed by atoms with Crippen molar-refractivity contribution in [2.75, 3.05) is 18.6 Å². The predicted molar refractivity (Wildman–Crippen MR) is 116 cm³/mol. The van der Waals surface area contributed by atoms with E-state index in [0.717, 1.165) is 12.8 Å². The van der Waals surface area contributed by atoms with E-state index >= 15 is 0 Å². The maximum Gasteiger partial charge on any atom is 0.359 e. The molecule has 1 saturated carbocycles. The van der Waals surface area contributed by atoms with Crippen LogP contribution in [0, 0.1) is 5.92 Å². The summed E-state index contributed by atoms with van der Waals surface area (Å²) in [5.41, 5.74) is 0.159. The van der Waals surface area contributed by atoms with E-state index in [4.69, 9.17) is 14.2 Å². The first-order valence-electron chi connectivity index (χ1n) is 10.3. The van der Waals surface area contributed by atoms with Crippen molar-refractivity contribution in [1.29, 1.82) is 0 Å². The van der Waals surface area contributed by atoms with Crippen LogP contribution in [0.15, 0.2) is 30.6 Å². The molecule has 32 heavy (non-hydrogen) atoms. The summed E-state index contributed by atoms with van der Waals surface area (Å²) in [4.78, 5) is 46.3. The number of ether oxygens (including phenoxy) is 3. The van der Waals surface area contributed by atoms with E-state index < -0.39 is 17.5 Å². The monoisotopic (exact) mass is 441 g/mol. The largest absolute Gasteiger partial charge is 0.465 e. The first-order valence-corrected chi connectivity index (χ1v) is 10.3. The van der Waals surface area contributed by atoms with E-state index in [9.17, 15) is 14.4 Å². The van der Waals surface area contributed by atoms with Crippen LogP contribution in [0.5, 0.6) is 11.6 Å². The van der Waals surface area contributed by atoms with Gasteiger partial charge >= 0.3 is 11.9 Å². The minimum absolute atomic E-state index is 0.0449. The lowest BCUT2D eigenvalue weighted by Crippen LogP contribution is -2.30. The second-order valence-electron chi connectivity index (χ2n) is 8.62. The van der Waals surface area contributed by atoms with Crippen molar-refractivity contribution < 1.29 is 28.6 Å². The highest BCUT2D eigenvalue weighted by atomic mass is 16.6. The Morgan fingerprint density at radius 1 is 1.06 bits per heavy atom. The third-order valence-corrected chi connectivity index (χ3v) is 4.60. The van der Waals surface area contributed by atoms with Gasteiger partial charge in [0.1, 0.15) is 11.4 Å². The van der Waals surface area contributed by atoms with Gasteiger partial charge in [0.2, 0.25) is 11.8 Å². The Morgan fingerprint density at radius 2 is 1.78 bits per heavy atom. The molecule has 1 aliphatic carbocycles. The van der Waals surface area contributed by atoms with Crippen molar-refractivity contribution in [3.05, 3.63) is 41.9 Å². The summed E-state index contributed by atoms with van der Waals surface area (Å²) in [6.45, 7) is 7.33. The van der Waals surface area contributed by atoms with Crippen LogP contribution >= 0.6 is 0 Å². The Morgan fingerprint density at radius 3 is 2.31 bits per heavy atom. The van der Waals surface area contributed by atoms with E-state index in [-0.39, 0.29) is 28.8 Å². The van der Waals surface area contributed by atoms with Gasteiger partial charge in [-0.3, -0.25) is 4.79 Å². The lowest BCUT2D eigenvalue weighted by molar-refractivity contribution is -0.116. The molecule has 2 aromatic rings. The molecule has 0 spiro atoms. The lowest BCUT2D eigenvalue weighted by Gasteiger charge is -2.22. The molecule has 0 radical (unpaired) electrons. The van der Waals surface area contributed by atoms with E-state index in [1.54, 1.807) is 37.8 Å². The van der Waals surface area contributed by atoms with Gasteiger partial charge in [0.25, 0.3) is 0 Å². The number of nitrogens with zero attached hydrogens (tertiary/aromatic N) is 3. The zero-order valence-corrected chi connectivity index (χ0v) is 18.9. The van der Waals surface area contributed by atoms with E-state index in [2.05, 4.69) is 9.97 Å². The van der Waals surface area contributed by atoms with E-state index in [1.807, 2.05) is 0 Å². The fourth-order valence-corrected chi connectivity index (χ4v) is 2.93. The van der Waals surface area contributed by atoms with Gasteiger partial charge in [0, 0.05) is 25.2 Å². The fourth-order valence-electron chi connectivity index (χ4n) is 2.93. The molecule has 0 N–H and O–H groups in total. The second kappa shape index (κ2) is 9.33. The van der Waals surface area contributed by atoms with Crippen LogP contribution in [-0.4, -0.2) is 47.1 Å². The highest BCUT2D eigenvalue weighted by molar-refractivity contribution is 5.96. The van der Waals surface area contributed by atoms with Crippen LogP contribution < -0.4 is 9.64 Å². The minimum Gasteiger partial charge on any atom is -0.465 e. The van der Waals surface area contributed by atoms with Gasteiger partial charge in [-0.15, -0.1) is 0 Å². The maximum absolute atomic E-state index is 12.2. The molecular formula is C23H27N3O6. The van der Waals surface area contributed by atoms with Crippen molar-refractivity contribution in [3.8, 4) is 11.6 Å². The molecule has 1 amide bonds. The smallest absolute Gasteiger partial charge is 0.359 e. The van der Waals surface area contributed by atoms with Gasteiger partial charge in [-0.1, -0.05) is 0 Å². The molecule has 1 fully saturated rings. The molecule has 1 aliphatic rings. The number of hydrogen-bond acceptors (Lipinski definition) is 8. The fraction of sp³-hybridized carbons (Fsp3) is 0.435. The number of benzene rings is 1. The molecule has 1 aromatic heterocycles. The third-order valence-electron chi connectivity index (χ3n) is 4.60. The number of aromatic nitrogens is 2. The number of amides is 1. The Labute approximate surface area is 186 Å². The average molecular weight is 441 g/mol. The molecule has 1 aromatic carbocycles. The van der Waals surface area contributed by atoms with Crippen LogP contribution in [0.3, 0.4) is 0 Å². The highest BCUT2D eigenvalue weighted by Gasteiger charge is 2.27. The molecule has 0 aliphatic heterocycles. The summed E-state index contributed by atoms with van der Waals surface area (Å²) in [5.74, 6) is -0.435. The van der Waals surface area contributed by atoms with Crippen molar-refractivity contribution in [2.45, 2.75) is 46.1 Å². The lowest BCUT2D eigenvalue weighted by atomic mass is 10.1. The van der Waals surface area contributed by atoms with Gasteiger partial charge in [-0.25, -0.2) is 19.6 Å². The van der Waals surface area contributed by atoms with Crippen molar-refractivity contribution >= 4 is 23.5 Å². The molecule has 0 saturated heterocycles. The van der Waals surface area contributed by atoms with Crippen molar-refractivity contribution in [2.24, 2.45) is 5.92 Å². The Balaban J connectivity index is 1.85. The maximum atomic E-state index is 12.2. The highest BCUT2D eigenvalue weighted by Crippen LogP contribution is 2.34. The molecule has 3 rings (SSSR count). The van der Waals surface area contributed by atoms with Gasteiger partial charge in [-0.05, 0) is 51.7 Å². The summed E-state index contributed by atoms with van der Waals surface area (Å²) in [6.07, 6.45) is 4.69. The summed E-state index contributed by atoms with van der Waals surface area (Å²) >= 11 is 0. The van der Waals surface area contributed by atoms with Crippen LogP contribution in [0.2, 0.25) is 0 Å².